The second-order valence-corrected chi connectivity index (χ2v) is 9.92. The molecule has 2 nitrogen and oxygen atoms in total. The Bertz CT molecular complexity index is 344. The third-order valence-electron chi connectivity index (χ3n) is 8.52. The van der Waals surface area contributed by atoms with Crippen LogP contribution in [0.3, 0.4) is 0 Å². The zero-order valence-corrected chi connectivity index (χ0v) is 18.1. The third kappa shape index (κ3) is 5.50. The van der Waals surface area contributed by atoms with E-state index in [2.05, 4.69) is 0 Å². The standard InChI is InChI=1S/C25H46O2/c1-2-27-24(26)19-12-20-25(21-13-6-3-7-14-21,22-15-8-4-9-16-22)23-17-10-5-11-18-23/h21-24,26H,2-20H2,1H3. The lowest BCUT2D eigenvalue weighted by Gasteiger charge is -2.55. The van der Waals surface area contributed by atoms with Gasteiger partial charge in [0, 0.05) is 6.61 Å². The SMILES string of the molecule is CCOC(O)CCCC(C1CCCCC1)(C1CCCCC1)C1CCCCC1. The Morgan fingerprint density at radius 2 is 1.15 bits per heavy atom. The van der Waals surface area contributed by atoms with Crippen LogP contribution < -0.4 is 0 Å². The topological polar surface area (TPSA) is 29.5 Å². The summed E-state index contributed by atoms with van der Waals surface area (Å²) in [6, 6.07) is 0. The van der Waals surface area contributed by atoms with Gasteiger partial charge in [-0.25, -0.2) is 0 Å². The van der Waals surface area contributed by atoms with E-state index in [1.54, 1.807) is 0 Å². The zero-order valence-electron chi connectivity index (χ0n) is 18.1. The van der Waals surface area contributed by atoms with Crippen LogP contribution in [-0.4, -0.2) is 18.0 Å². The zero-order chi connectivity index (χ0) is 19.0. The van der Waals surface area contributed by atoms with Crippen LogP contribution in [0, 0.1) is 23.2 Å². The van der Waals surface area contributed by atoms with E-state index in [1.807, 2.05) is 6.92 Å². The largest absolute Gasteiger partial charge is 0.368 e. The minimum Gasteiger partial charge on any atom is -0.368 e. The van der Waals surface area contributed by atoms with Gasteiger partial charge in [0.25, 0.3) is 0 Å². The van der Waals surface area contributed by atoms with Crippen LogP contribution in [0.15, 0.2) is 0 Å². The molecule has 0 aliphatic heterocycles. The quantitative estimate of drug-likeness (QED) is 0.428. The first-order valence-corrected chi connectivity index (χ1v) is 12.6. The van der Waals surface area contributed by atoms with Gasteiger partial charge in [0.2, 0.25) is 0 Å². The molecule has 3 fully saturated rings. The summed E-state index contributed by atoms with van der Waals surface area (Å²) in [6.07, 6.45) is 24.9. The molecule has 1 N–H and O–H groups in total. The lowest BCUT2D eigenvalue weighted by atomic mass is 9.50. The molecule has 0 bridgehead atoms. The van der Waals surface area contributed by atoms with E-state index in [4.69, 9.17) is 4.74 Å². The number of aliphatic hydroxyl groups is 1. The maximum atomic E-state index is 10.2. The first-order valence-electron chi connectivity index (χ1n) is 12.6. The van der Waals surface area contributed by atoms with Gasteiger partial charge in [0.05, 0.1) is 0 Å². The maximum Gasteiger partial charge on any atom is 0.154 e. The van der Waals surface area contributed by atoms with E-state index < -0.39 is 6.29 Å². The van der Waals surface area contributed by atoms with E-state index in [-0.39, 0.29) is 0 Å². The molecule has 0 spiro atoms. The van der Waals surface area contributed by atoms with E-state index in [1.165, 1.54) is 103 Å². The molecule has 1 unspecified atom stereocenters. The van der Waals surface area contributed by atoms with Gasteiger partial charge in [-0.3, -0.25) is 0 Å². The third-order valence-corrected chi connectivity index (χ3v) is 8.52. The Hall–Kier alpha value is -0.0800. The van der Waals surface area contributed by atoms with Crippen LogP contribution in [0.5, 0.6) is 0 Å². The van der Waals surface area contributed by atoms with Crippen molar-refractivity contribution < 1.29 is 9.84 Å². The summed E-state index contributed by atoms with van der Waals surface area (Å²) in [5.74, 6) is 2.88. The normalized spacial score (nSPS) is 25.6. The monoisotopic (exact) mass is 378 g/mol. The number of ether oxygens (including phenoxy) is 1. The summed E-state index contributed by atoms with van der Waals surface area (Å²) in [7, 11) is 0. The van der Waals surface area contributed by atoms with Gasteiger partial charge in [0.15, 0.2) is 6.29 Å². The fraction of sp³-hybridized carbons (Fsp3) is 1.00. The minimum absolute atomic E-state index is 0.545. The van der Waals surface area contributed by atoms with Crippen LogP contribution in [0.1, 0.15) is 122 Å². The predicted octanol–water partition coefficient (Wildman–Crippen LogP) is 7.24. The molecule has 1 atom stereocenters. The van der Waals surface area contributed by atoms with Crippen molar-refractivity contribution >= 4 is 0 Å². The highest BCUT2D eigenvalue weighted by Gasteiger charge is 2.49. The van der Waals surface area contributed by atoms with Gasteiger partial charge in [-0.15, -0.1) is 0 Å². The van der Waals surface area contributed by atoms with Crippen molar-refractivity contribution in [2.24, 2.45) is 23.2 Å². The number of hydrogen-bond acceptors (Lipinski definition) is 2. The van der Waals surface area contributed by atoms with Gasteiger partial charge in [-0.1, -0.05) is 57.8 Å². The Balaban J connectivity index is 1.80. The van der Waals surface area contributed by atoms with E-state index in [9.17, 15) is 5.11 Å². The van der Waals surface area contributed by atoms with Crippen LogP contribution in [0.2, 0.25) is 0 Å². The number of aliphatic hydroxyl groups excluding tert-OH is 1. The van der Waals surface area contributed by atoms with Crippen molar-refractivity contribution in [2.45, 2.75) is 129 Å². The summed E-state index contributed by atoms with van der Waals surface area (Å²) >= 11 is 0. The van der Waals surface area contributed by atoms with Gasteiger partial charge in [0.1, 0.15) is 0 Å². The maximum absolute atomic E-state index is 10.2. The molecule has 0 aromatic heterocycles. The highest BCUT2D eigenvalue weighted by atomic mass is 16.6. The van der Waals surface area contributed by atoms with E-state index in [0.29, 0.717) is 12.0 Å². The number of rotatable bonds is 9. The molecule has 0 aromatic rings. The first kappa shape index (κ1) is 21.6. The van der Waals surface area contributed by atoms with Gasteiger partial charge < -0.3 is 9.84 Å². The molecular formula is C25H46O2. The fourth-order valence-corrected chi connectivity index (χ4v) is 7.39. The van der Waals surface area contributed by atoms with Crippen molar-refractivity contribution in [2.75, 3.05) is 6.61 Å². The fourth-order valence-electron chi connectivity index (χ4n) is 7.39. The molecule has 2 heteroatoms. The predicted molar refractivity (Wildman–Crippen MR) is 114 cm³/mol. The second kappa shape index (κ2) is 11.2. The Morgan fingerprint density at radius 1 is 0.741 bits per heavy atom. The first-order chi connectivity index (χ1) is 13.3. The highest BCUT2D eigenvalue weighted by molar-refractivity contribution is 4.99. The van der Waals surface area contributed by atoms with Gasteiger partial charge >= 0.3 is 0 Å². The van der Waals surface area contributed by atoms with Gasteiger partial charge in [-0.05, 0) is 87.9 Å². The number of hydrogen-bond donors (Lipinski definition) is 1. The molecule has 3 rings (SSSR count). The van der Waals surface area contributed by atoms with E-state index >= 15 is 0 Å². The average molecular weight is 379 g/mol. The van der Waals surface area contributed by atoms with Crippen molar-refractivity contribution in [3.63, 3.8) is 0 Å². The summed E-state index contributed by atoms with van der Waals surface area (Å²) in [5, 5.41) is 10.2. The molecular weight excluding hydrogens is 332 g/mol. The van der Waals surface area contributed by atoms with Crippen molar-refractivity contribution in [1.29, 1.82) is 0 Å². The highest BCUT2D eigenvalue weighted by Crippen LogP contribution is 2.59. The van der Waals surface area contributed by atoms with Crippen LogP contribution in [0.25, 0.3) is 0 Å². The Labute approximate surface area is 168 Å². The lowest BCUT2D eigenvalue weighted by Crippen LogP contribution is -2.47. The molecule has 0 radical (unpaired) electrons. The summed E-state index contributed by atoms with van der Waals surface area (Å²) in [6.45, 7) is 2.61. The van der Waals surface area contributed by atoms with Crippen molar-refractivity contribution in [3.8, 4) is 0 Å². The van der Waals surface area contributed by atoms with Crippen molar-refractivity contribution in [3.05, 3.63) is 0 Å². The van der Waals surface area contributed by atoms with Gasteiger partial charge in [-0.2, -0.15) is 0 Å². The lowest BCUT2D eigenvalue weighted by molar-refractivity contribution is -0.107. The average Bonchev–Trinajstić information content (AvgIpc) is 2.73. The molecule has 0 amide bonds. The molecule has 27 heavy (non-hydrogen) atoms. The van der Waals surface area contributed by atoms with Crippen LogP contribution in [-0.2, 0) is 4.74 Å². The second-order valence-electron chi connectivity index (χ2n) is 9.92. The van der Waals surface area contributed by atoms with Crippen LogP contribution in [0.4, 0.5) is 0 Å². The van der Waals surface area contributed by atoms with Crippen LogP contribution >= 0.6 is 0 Å². The Kier molecular flexibility index (Phi) is 8.97. The molecule has 3 saturated carbocycles. The molecule has 3 aliphatic carbocycles. The van der Waals surface area contributed by atoms with E-state index in [0.717, 1.165) is 30.6 Å². The molecule has 0 saturated heterocycles. The molecule has 158 valence electrons. The molecule has 0 heterocycles. The summed E-state index contributed by atoms with van der Waals surface area (Å²) in [5.41, 5.74) is 0.577. The Morgan fingerprint density at radius 3 is 1.52 bits per heavy atom. The summed E-state index contributed by atoms with van der Waals surface area (Å²) < 4.78 is 5.45. The summed E-state index contributed by atoms with van der Waals surface area (Å²) in [4.78, 5) is 0. The molecule has 0 aromatic carbocycles. The smallest absolute Gasteiger partial charge is 0.154 e. The molecule has 3 aliphatic rings. The van der Waals surface area contributed by atoms with Crippen molar-refractivity contribution in [1.82, 2.24) is 0 Å². The minimum atomic E-state index is -0.545.